The molecule has 4 nitrogen and oxygen atoms in total. The lowest BCUT2D eigenvalue weighted by Gasteiger charge is -2.14. The number of aliphatic hydroxyl groups is 1. The SMILES string of the molecule is OC(Cc1cccnc1)CC1OCCO1. The Balaban J connectivity index is 1.79. The van der Waals surface area contributed by atoms with Crippen LogP contribution in [-0.4, -0.2) is 35.7 Å². The fraction of sp³-hybridized carbons (Fsp3) is 0.545. The first kappa shape index (κ1) is 10.5. The van der Waals surface area contributed by atoms with Crippen LogP contribution >= 0.6 is 0 Å². The zero-order valence-corrected chi connectivity index (χ0v) is 8.50. The predicted molar refractivity (Wildman–Crippen MR) is 54.3 cm³/mol. The lowest BCUT2D eigenvalue weighted by Crippen LogP contribution is -2.20. The van der Waals surface area contributed by atoms with E-state index in [9.17, 15) is 5.11 Å². The second-order valence-corrected chi connectivity index (χ2v) is 3.63. The Morgan fingerprint density at radius 3 is 2.93 bits per heavy atom. The molecular weight excluding hydrogens is 194 g/mol. The molecule has 1 aliphatic heterocycles. The maximum Gasteiger partial charge on any atom is 0.160 e. The van der Waals surface area contributed by atoms with Gasteiger partial charge >= 0.3 is 0 Å². The van der Waals surface area contributed by atoms with E-state index in [0.29, 0.717) is 26.1 Å². The molecule has 1 atom stereocenters. The molecule has 4 heteroatoms. The molecule has 0 amide bonds. The van der Waals surface area contributed by atoms with E-state index in [4.69, 9.17) is 9.47 Å². The van der Waals surface area contributed by atoms with Crippen molar-refractivity contribution in [2.24, 2.45) is 0 Å². The summed E-state index contributed by atoms with van der Waals surface area (Å²) in [4.78, 5) is 4.00. The highest BCUT2D eigenvalue weighted by molar-refractivity contribution is 5.09. The van der Waals surface area contributed by atoms with Crippen molar-refractivity contribution in [3.63, 3.8) is 0 Å². The molecular formula is C11H15NO3. The van der Waals surface area contributed by atoms with Gasteiger partial charge in [-0.05, 0) is 11.6 Å². The molecule has 0 aromatic carbocycles. The first-order valence-corrected chi connectivity index (χ1v) is 5.15. The van der Waals surface area contributed by atoms with Crippen LogP contribution in [-0.2, 0) is 15.9 Å². The Hall–Kier alpha value is -0.970. The second-order valence-electron chi connectivity index (χ2n) is 3.63. The van der Waals surface area contributed by atoms with Crippen LogP contribution in [0, 0.1) is 0 Å². The molecule has 82 valence electrons. The van der Waals surface area contributed by atoms with Crippen molar-refractivity contribution in [3.8, 4) is 0 Å². The number of nitrogens with zero attached hydrogens (tertiary/aromatic N) is 1. The first-order chi connectivity index (χ1) is 7.34. The highest BCUT2D eigenvalue weighted by Gasteiger charge is 2.20. The summed E-state index contributed by atoms with van der Waals surface area (Å²) < 4.78 is 10.5. The molecule has 1 N–H and O–H groups in total. The number of hydrogen-bond donors (Lipinski definition) is 1. The fourth-order valence-corrected chi connectivity index (χ4v) is 1.64. The first-order valence-electron chi connectivity index (χ1n) is 5.15. The fourth-order valence-electron chi connectivity index (χ4n) is 1.64. The van der Waals surface area contributed by atoms with Crippen LogP contribution in [0.5, 0.6) is 0 Å². The molecule has 0 spiro atoms. The van der Waals surface area contributed by atoms with Crippen molar-refractivity contribution in [3.05, 3.63) is 30.1 Å². The Morgan fingerprint density at radius 1 is 1.47 bits per heavy atom. The summed E-state index contributed by atoms with van der Waals surface area (Å²) in [6.45, 7) is 1.26. The van der Waals surface area contributed by atoms with Crippen LogP contribution in [0.3, 0.4) is 0 Å². The Bertz CT molecular complexity index is 285. The Kier molecular flexibility index (Phi) is 3.66. The van der Waals surface area contributed by atoms with Crippen LogP contribution in [0.15, 0.2) is 24.5 Å². The molecule has 0 radical (unpaired) electrons. The Labute approximate surface area is 88.9 Å². The maximum absolute atomic E-state index is 9.78. The number of ether oxygens (including phenoxy) is 2. The molecule has 2 rings (SSSR count). The summed E-state index contributed by atoms with van der Waals surface area (Å²) in [5.74, 6) is 0. The minimum atomic E-state index is -0.433. The number of aliphatic hydroxyl groups excluding tert-OH is 1. The van der Waals surface area contributed by atoms with Crippen molar-refractivity contribution in [1.82, 2.24) is 4.98 Å². The van der Waals surface area contributed by atoms with E-state index >= 15 is 0 Å². The van der Waals surface area contributed by atoms with E-state index in [1.807, 2.05) is 12.1 Å². The van der Waals surface area contributed by atoms with Crippen LogP contribution < -0.4 is 0 Å². The van der Waals surface area contributed by atoms with Crippen LogP contribution in [0.25, 0.3) is 0 Å². The predicted octanol–water partition coefficient (Wildman–Crippen LogP) is 0.748. The molecule has 0 aliphatic carbocycles. The highest BCUT2D eigenvalue weighted by atomic mass is 16.7. The third kappa shape index (κ3) is 3.27. The van der Waals surface area contributed by atoms with Crippen molar-refractivity contribution in [2.75, 3.05) is 13.2 Å². The molecule has 1 aliphatic rings. The number of hydrogen-bond acceptors (Lipinski definition) is 4. The van der Waals surface area contributed by atoms with Crippen LogP contribution in [0.1, 0.15) is 12.0 Å². The van der Waals surface area contributed by atoms with E-state index < -0.39 is 6.10 Å². The van der Waals surface area contributed by atoms with Crippen molar-refractivity contribution in [1.29, 1.82) is 0 Å². The highest BCUT2D eigenvalue weighted by Crippen LogP contribution is 2.13. The topological polar surface area (TPSA) is 51.6 Å². The molecule has 15 heavy (non-hydrogen) atoms. The summed E-state index contributed by atoms with van der Waals surface area (Å²) in [6.07, 6.45) is 3.93. The molecule has 1 aromatic heterocycles. The monoisotopic (exact) mass is 209 g/mol. The van der Waals surface area contributed by atoms with Gasteiger partial charge in [0.15, 0.2) is 6.29 Å². The van der Waals surface area contributed by atoms with Gasteiger partial charge in [0.1, 0.15) is 0 Å². The van der Waals surface area contributed by atoms with E-state index in [1.165, 1.54) is 0 Å². The van der Waals surface area contributed by atoms with E-state index in [0.717, 1.165) is 5.56 Å². The summed E-state index contributed by atoms with van der Waals surface area (Å²) in [7, 11) is 0. The molecule has 2 heterocycles. The minimum absolute atomic E-state index is 0.239. The molecule has 1 unspecified atom stereocenters. The summed E-state index contributed by atoms with van der Waals surface area (Å²) in [5.41, 5.74) is 1.03. The standard InChI is InChI=1S/C11H15NO3/c13-10(7-11-14-4-5-15-11)6-9-2-1-3-12-8-9/h1-3,8,10-11,13H,4-7H2. The normalized spacial score (nSPS) is 19.3. The largest absolute Gasteiger partial charge is 0.393 e. The van der Waals surface area contributed by atoms with Gasteiger partial charge in [-0.25, -0.2) is 0 Å². The number of pyridine rings is 1. The van der Waals surface area contributed by atoms with Gasteiger partial charge in [-0.2, -0.15) is 0 Å². The molecule has 0 bridgehead atoms. The second kappa shape index (κ2) is 5.21. The molecule has 0 saturated carbocycles. The maximum atomic E-state index is 9.78. The molecule has 1 aromatic rings. The van der Waals surface area contributed by atoms with Crippen LogP contribution in [0.4, 0.5) is 0 Å². The van der Waals surface area contributed by atoms with Gasteiger partial charge in [0.2, 0.25) is 0 Å². The summed E-state index contributed by atoms with van der Waals surface area (Å²) in [5, 5.41) is 9.78. The van der Waals surface area contributed by atoms with Gasteiger partial charge in [0, 0.05) is 25.2 Å². The molecule has 1 saturated heterocycles. The Morgan fingerprint density at radius 2 is 2.27 bits per heavy atom. The zero-order valence-electron chi connectivity index (χ0n) is 8.50. The van der Waals surface area contributed by atoms with Gasteiger partial charge in [-0.1, -0.05) is 6.07 Å². The average molecular weight is 209 g/mol. The lowest BCUT2D eigenvalue weighted by molar-refractivity contribution is -0.0698. The summed E-state index contributed by atoms with van der Waals surface area (Å²) in [6, 6.07) is 3.82. The van der Waals surface area contributed by atoms with Gasteiger partial charge in [0.25, 0.3) is 0 Å². The minimum Gasteiger partial charge on any atom is -0.393 e. The van der Waals surface area contributed by atoms with Crippen molar-refractivity contribution in [2.45, 2.75) is 25.2 Å². The van der Waals surface area contributed by atoms with Gasteiger partial charge < -0.3 is 14.6 Å². The van der Waals surface area contributed by atoms with E-state index in [1.54, 1.807) is 12.4 Å². The quantitative estimate of drug-likeness (QED) is 0.795. The zero-order chi connectivity index (χ0) is 10.5. The third-order valence-corrected chi connectivity index (χ3v) is 2.35. The van der Waals surface area contributed by atoms with Gasteiger partial charge in [-0.15, -0.1) is 0 Å². The lowest BCUT2D eigenvalue weighted by atomic mass is 10.1. The molecule has 1 fully saturated rings. The number of aromatic nitrogens is 1. The van der Waals surface area contributed by atoms with E-state index in [-0.39, 0.29) is 6.29 Å². The van der Waals surface area contributed by atoms with Crippen molar-refractivity contribution >= 4 is 0 Å². The van der Waals surface area contributed by atoms with Gasteiger partial charge in [0.05, 0.1) is 19.3 Å². The average Bonchev–Trinajstić information content (AvgIpc) is 2.71. The van der Waals surface area contributed by atoms with E-state index in [2.05, 4.69) is 4.98 Å². The van der Waals surface area contributed by atoms with Crippen molar-refractivity contribution < 1.29 is 14.6 Å². The summed E-state index contributed by atoms with van der Waals surface area (Å²) >= 11 is 0. The third-order valence-electron chi connectivity index (χ3n) is 2.35. The van der Waals surface area contributed by atoms with Gasteiger partial charge in [-0.3, -0.25) is 4.98 Å². The number of rotatable bonds is 4. The van der Waals surface area contributed by atoms with Crippen LogP contribution in [0.2, 0.25) is 0 Å². The smallest absolute Gasteiger partial charge is 0.160 e.